The van der Waals surface area contributed by atoms with Crippen molar-refractivity contribution < 1.29 is 9.59 Å². The van der Waals surface area contributed by atoms with Gasteiger partial charge in [-0.3, -0.25) is 19.9 Å². The molecule has 2 saturated heterocycles. The van der Waals surface area contributed by atoms with E-state index in [0.29, 0.717) is 36.3 Å². The SMILES string of the molecule is CCN(CC1CCN(c2ccc(C3CCC(=O)NC3=O)cn2)CC1)C1CCC(c2nnc(-c3cnc(-c4ccc5cc(C#N)cnn45)cc3NC)s2)CC1. The summed E-state index contributed by atoms with van der Waals surface area (Å²) in [6.07, 6.45) is 13.0. The summed E-state index contributed by atoms with van der Waals surface area (Å²) in [6, 6.07) is 14.5. The summed E-state index contributed by atoms with van der Waals surface area (Å²) >= 11 is 1.68. The number of hydrogen-bond donors (Lipinski definition) is 2. The fourth-order valence-corrected chi connectivity index (χ4v) is 9.47. The molecule has 5 aromatic rings. The number of nitriles is 1. The zero-order valence-electron chi connectivity index (χ0n) is 30.7. The molecular weight excluding hydrogens is 699 g/mol. The lowest BCUT2D eigenvalue weighted by Crippen LogP contribution is -2.44. The maximum Gasteiger partial charge on any atom is 0.234 e. The van der Waals surface area contributed by atoms with Gasteiger partial charge in [0.1, 0.15) is 16.9 Å². The molecule has 3 aliphatic rings. The topological polar surface area (TPSA) is 157 Å². The summed E-state index contributed by atoms with van der Waals surface area (Å²) in [4.78, 5) is 38.4. The number of nitrogens with one attached hydrogen (secondary N) is 2. The molecule has 1 unspecified atom stereocenters. The van der Waals surface area contributed by atoms with E-state index in [0.717, 1.165) is 101 Å². The van der Waals surface area contributed by atoms with Crippen molar-refractivity contribution in [2.24, 2.45) is 5.92 Å². The first-order valence-electron chi connectivity index (χ1n) is 19.1. The van der Waals surface area contributed by atoms with Crippen molar-refractivity contribution in [2.45, 2.75) is 76.2 Å². The standard InChI is InChI=1S/C40H45N11O2S/c1-3-49(24-25-14-16-50(17-15-25)36-12-6-28(22-44-36)31-10-13-37(52)46-38(31)53)29-7-4-27(5-8-29)39-47-48-40(54-39)32-23-43-34(19-33(32)42-2)35-11-9-30-18-26(20-41)21-45-51(30)35/h6,9,11-12,18-19,21-23,25,27,29,31H,3-5,7-8,10,13-17,24H2,1-2H3,(H,42,43)(H,46,52,53). The number of aromatic nitrogens is 6. The Labute approximate surface area is 318 Å². The van der Waals surface area contributed by atoms with Crippen LogP contribution >= 0.6 is 11.3 Å². The number of carbonyl (C=O) groups is 2. The molecule has 0 bridgehead atoms. The first kappa shape index (κ1) is 35.8. The zero-order chi connectivity index (χ0) is 37.2. The molecule has 3 fully saturated rings. The van der Waals surface area contributed by atoms with Crippen LogP contribution in [0.1, 0.15) is 86.3 Å². The van der Waals surface area contributed by atoms with Gasteiger partial charge in [-0.1, -0.05) is 24.3 Å². The van der Waals surface area contributed by atoms with Crippen molar-refractivity contribution >= 4 is 40.2 Å². The lowest BCUT2D eigenvalue weighted by molar-refractivity contribution is -0.134. The number of carbonyl (C=O) groups excluding carboxylic acids is 2. The fraction of sp³-hybridized carbons (Fsp3) is 0.450. The van der Waals surface area contributed by atoms with Crippen LogP contribution in [0.2, 0.25) is 0 Å². The van der Waals surface area contributed by atoms with Gasteiger partial charge in [0, 0.05) is 63.1 Å². The number of piperidine rings is 2. The van der Waals surface area contributed by atoms with E-state index in [-0.39, 0.29) is 17.7 Å². The van der Waals surface area contributed by atoms with Gasteiger partial charge in [0.25, 0.3) is 0 Å². The highest BCUT2D eigenvalue weighted by molar-refractivity contribution is 7.14. The minimum Gasteiger partial charge on any atom is -0.387 e. The molecule has 7 heterocycles. The van der Waals surface area contributed by atoms with Crippen molar-refractivity contribution in [3.05, 3.63) is 71.1 Å². The van der Waals surface area contributed by atoms with E-state index in [1.54, 1.807) is 22.0 Å². The number of fused-ring (bicyclic) bond motifs is 1. The molecule has 0 aromatic carbocycles. The highest BCUT2D eigenvalue weighted by Gasteiger charge is 2.32. The first-order chi connectivity index (χ1) is 26.4. The van der Waals surface area contributed by atoms with Crippen LogP contribution in [0, 0.1) is 17.2 Å². The molecule has 1 saturated carbocycles. The second-order valence-corrected chi connectivity index (χ2v) is 15.7. The van der Waals surface area contributed by atoms with E-state index >= 15 is 0 Å². The van der Waals surface area contributed by atoms with Gasteiger partial charge in [0.15, 0.2) is 5.01 Å². The molecule has 8 rings (SSSR count). The van der Waals surface area contributed by atoms with E-state index in [1.165, 1.54) is 12.8 Å². The summed E-state index contributed by atoms with van der Waals surface area (Å²) < 4.78 is 1.80. The summed E-state index contributed by atoms with van der Waals surface area (Å²) in [6.45, 7) is 6.46. The summed E-state index contributed by atoms with van der Waals surface area (Å²) in [5.41, 5.74) is 5.75. The Morgan fingerprint density at radius 1 is 0.981 bits per heavy atom. The van der Waals surface area contributed by atoms with Gasteiger partial charge in [0.2, 0.25) is 11.8 Å². The van der Waals surface area contributed by atoms with Crippen LogP contribution in [0.25, 0.3) is 27.5 Å². The molecular formula is C40H45N11O2S. The summed E-state index contributed by atoms with van der Waals surface area (Å²) in [5, 5.41) is 30.8. The third kappa shape index (κ3) is 7.30. The lowest BCUT2D eigenvalue weighted by Gasteiger charge is -2.40. The quantitative estimate of drug-likeness (QED) is 0.162. The van der Waals surface area contributed by atoms with Gasteiger partial charge < -0.3 is 15.1 Å². The van der Waals surface area contributed by atoms with Crippen LogP contribution in [0.4, 0.5) is 11.5 Å². The first-order valence-corrected chi connectivity index (χ1v) is 19.9. The number of hydrogen-bond acceptors (Lipinski definition) is 12. The maximum atomic E-state index is 12.3. The van der Waals surface area contributed by atoms with E-state index < -0.39 is 0 Å². The normalized spacial score (nSPS) is 21.0. The number of imide groups is 1. The van der Waals surface area contributed by atoms with Crippen molar-refractivity contribution in [2.75, 3.05) is 43.4 Å². The molecule has 1 aliphatic carbocycles. The van der Waals surface area contributed by atoms with Crippen molar-refractivity contribution in [3.8, 4) is 28.0 Å². The van der Waals surface area contributed by atoms with Gasteiger partial charge in [0.05, 0.1) is 40.1 Å². The van der Waals surface area contributed by atoms with Crippen LogP contribution in [-0.4, -0.2) is 85.8 Å². The van der Waals surface area contributed by atoms with Crippen LogP contribution in [0.15, 0.2) is 55.0 Å². The van der Waals surface area contributed by atoms with Crippen molar-refractivity contribution in [3.63, 3.8) is 0 Å². The van der Waals surface area contributed by atoms with Crippen LogP contribution in [0.3, 0.4) is 0 Å². The van der Waals surface area contributed by atoms with Gasteiger partial charge in [-0.2, -0.15) is 10.4 Å². The van der Waals surface area contributed by atoms with Crippen LogP contribution in [0.5, 0.6) is 0 Å². The van der Waals surface area contributed by atoms with E-state index in [4.69, 9.17) is 15.1 Å². The Balaban J connectivity index is 0.839. The molecule has 278 valence electrons. The van der Waals surface area contributed by atoms with Gasteiger partial charge >= 0.3 is 0 Å². The maximum absolute atomic E-state index is 12.3. The largest absolute Gasteiger partial charge is 0.387 e. The Morgan fingerprint density at radius 2 is 1.81 bits per heavy atom. The van der Waals surface area contributed by atoms with E-state index in [2.05, 4.69) is 43.6 Å². The predicted octanol–water partition coefficient (Wildman–Crippen LogP) is 6.01. The lowest BCUT2D eigenvalue weighted by atomic mass is 9.85. The molecule has 0 radical (unpaired) electrons. The second-order valence-electron chi connectivity index (χ2n) is 14.7. The second kappa shape index (κ2) is 15.6. The van der Waals surface area contributed by atoms with Gasteiger partial charge in [-0.15, -0.1) is 10.2 Å². The molecule has 5 aromatic heterocycles. The van der Waals surface area contributed by atoms with Gasteiger partial charge in [-0.25, -0.2) is 9.50 Å². The van der Waals surface area contributed by atoms with Gasteiger partial charge in [-0.05, 0) is 93.3 Å². The average molecular weight is 744 g/mol. The number of amides is 2. The Kier molecular flexibility index (Phi) is 10.3. The molecule has 2 N–H and O–H groups in total. The number of pyridine rings is 2. The molecule has 13 nitrogen and oxygen atoms in total. The monoisotopic (exact) mass is 743 g/mol. The number of anilines is 2. The Bertz CT molecular complexity index is 2180. The van der Waals surface area contributed by atoms with Crippen LogP contribution in [-0.2, 0) is 9.59 Å². The van der Waals surface area contributed by atoms with Crippen molar-refractivity contribution in [1.29, 1.82) is 5.26 Å². The molecule has 2 amide bonds. The predicted molar refractivity (Wildman–Crippen MR) is 208 cm³/mol. The third-order valence-corrected chi connectivity index (χ3v) is 12.7. The highest BCUT2D eigenvalue weighted by atomic mass is 32.1. The smallest absolute Gasteiger partial charge is 0.234 e. The summed E-state index contributed by atoms with van der Waals surface area (Å²) in [5.74, 6) is 1.34. The highest BCUT2D eigenvalue weighted by Crippen LogP contribution is 2.40. The Morgan fingerprint density at radius 3 is 2.54 bits per heavy atom. The van der Waals surface area contributed by atoms with Crippen molar-refractivity contribution in [1.82, 2.24) is 40.0 Å². The molecule has 0 spiro atoms. The Hall–Kier alpha value is -5.26. The third-order valence-electron chi connectivity index (χ3n) is 11.5. The van der Waals surface area contributed by atoms with Crippen LogP contribution < -0.4 is 15.5 Å². The molecule has 1 atom stereocenters. The zero-order valence-corrected chi connectivity index (χ0v) is 31.6. The van der Waals surface area contributed by atoms with E-state index in [1.807, 2.05) is 55.8 Å². The minimum absolute atomic E-state index is 0.193. The average Bonchev–Trinajstić information content (AvgIpc) is 3.88. The molecule has 54 heavy (non-hydrogen) atoms. The number of nitrogens with zero attached hydrogens (tertiary/aromatic N) is 9. The molecule has 14 heteroatoms. The minimum atomic E-state index is -0.299. The van der Waals surface area contributed by atoms with E-state index in [9.17, 15) is 14.9 Å². The fourth-order valence-electron chi connectivity index (χ4n) is 8.44. The number of rotatable bonds is 10. The molecule has 2 aliphatic heterocycles. The summed E-state index contributed by atoms with van der Waals surface area (Å²) in [7, 11) is 1.91.